The Balaban J connectivity index is 2.16. The average Bonchev–Trinajstić information content (AvgIpc) is 2.97. The summed E-state index contributed by atoms with van der Waals surface area (Å²) in [6, 6.07) is 12.1. The lowest BCUT2D eigenvalue weighted by molar-refractivity contribution is -0.385. The Hall–Kier alpha value is -4.23. The monoisotopic (exact) mass is 648 g/mol. The second-order valence-corrected chi connectivity index (χ2v) is 12.8. The molecule has 0 heterocycles. The molecule has 11 nitrogen and oxygen atoms in total. The largest absolute Gasteiger partial charge is 0.495 e. The minimum atomic E-state index is -4.69. The molecule has 3 aromatic rings. The summed E-state index contributed by atoms with van der Waals surface area (Å²) in [5, 5.41) is 14.5. The number of hydrogen-bond donors (Lipinski definition) is 1. The van der Waals surface area contributed by atoms with Gasteiger partial charge in [0.2, 0.25) is 11.8 Å². The summed E-state index contributed by atoms with van der Waals surface area (Å²) in [5.41, 5.74) is -0.228. The number of halogens is 2. The number of carbonyl (C=O) groups excluding carboxylic acids is 2. The van der Waals surface area contributed by atoms with Crippen molar-refractivity contribution >= 4 is 44.8 Å². The molecule has 0 aliphatic rings. The maximum absolute atomic E-state index is 14.7. The first-order valence-electron chi connectivity index (χ1n) is 13.6. The third-order valence-electron chi connectivity index (χ3n) is 6.80. The van der Waals surface area contributed by atoms with Crippen LogP contribution in [0.15, 0.2) is 65.6 Å². The van der Waals surface area contributed by atoms with Gasteiger partial charge in [-0.2, -0.15) is 0 Å². The Morgan fingerprint density at radius 3 is 2.39 bits per heavy atom. The molecule has 0 radical (unpaired) electrons. The summed E-state index contributed by atoms with van der Waals surface area (Å²) in [6.45, 7) is 5.79. The van der Waals surface area contributed by atoms with Crippen molar-refractivity contribution in [3.63, 3.8) is 0 Å². The second-order valence-electron chi connectivity index (χ2n) is 10.5. The molecule has 0 bridgehead atoms. The zero-order valence-corrected chi connectivity index (χ0v) is 26.5. The number of nitrogens with one attached hydrogen (secondary N) is 1. The van der Waals surface area contributed by atoms with Gasteiger partial charge in [0.15, 0.2) is 0 Å². The highest BCUT2D eigenvalue weighted by Gasteiger charge is 2.35. The van der Waals surface area contributed by atoms with Gasteiger partial charge in [-0.1, -0.05) is 49.7 Å². The molecule has 1 atom stereocenters. The molecule has 14 heteroatoms. The predicted molar refractivity (Wildman–Crippen MR) is 165 cm³/mol. The van der Waals surface area contributed by atoms with Crippen LogP contribution in [0.1, 0.15) is 31.9 Å². The van der Waals surface area contributed by atoms with Gasteiger partial charge in [-0.25, -0.2) is 12.8 Å². The third-order valence-corrected chi connectivity index (χ3v) is 8.79. The summed E-state index contributed by atoms with van der Waals surface area (Å²) in [5.74, 6) is -1.85. The van der Waals surface area contributed by atoms with Gasteiger partial charge in [-0.05, 0) is 50.1 Å². The molecule has 3 rings (SSSR count). The van der Waals surface area contributed by atoms with Gasteiger partial charge in [-0.3, -0.25) is 24.0 Å². The topological polar surface area (TPSA) is 139 Å². The van der Waals surface area contributed by atoms with Crippen LogP contribution in [0.4, 0.5) is 15.8 Å². The number of rotatable bonds is 13. The van der Waals surface area contributed by atoms with Crippen molar-refractivity contribution in [2.45, 2.75) is 45.2 Å². The minimum absolute atomic E-state index is 0.0377. The lowest BCUT2D eigenvalue weighted by Crippen LogP contribution is -2.51. The summed E-state index contributed by atoms with van der Waals surface area (Å²) >= 11 is 6.22. The van der Waals surface area contributed by atoms with Gasteiger partial charge in [0.1, 0.15) is 24.2 Å². The molecule has 0 aliphatic heterocycles. The molecule has 44 heavy (non-hydrogen) atoms. The quantitative estimate of drug-likeness (QED) is 0.201. The van der Waals surface area contributed by atoms with Crippen molar-refractivity contribution in [3.05, 3.63) is 92.7 Å². The highest BCUT2D eigenvalue weighted by atomic mass is 35.5. The van der Waals surface area contributed by atoms with Crippen molar-refractivity contribution < 1.29 is 32.1 Å². The molecule has 1 N–H and O–H groups in total. The lowest BCUT2D eigenvalue weighted by Gasteiger charge is -2.32. The Labute approximate surface area is 260 Å². The van der Waals surface area contributed by atoms with Gasteiger partial charge in [0, 0.05) is 35.3 Å². The van der Waals surface area contributed by atoms with Crippen molar-refractivity contribution in [2.24, 2.45) is 5.92 Å². The second kappa shape index (κ2) is 14.5. The predicted octanol–water partition coefficient (Wildman–Crippen LogP) is 5.09. The maximum Gasteiger partial charge on any atom is 0.273 e. The highest BCUT2D eigenvalue weighted by Crippen LogP contribution is 2.36. The smallest absolute Gasteiger partial charge is 0.273 e. The molecule has 0 aromatic heterocycles. The number of benzene rings is 3. The summed E-state index contributed by atoms with van der Waals surface area (Å²) in [4.78, 5) is 38.7. The Bertz CT molecular complexity index is 1650. The van der Waals surface area contributed by atoms with E-state index in [9.17, 15) is 32.5 Å². The summed E-state index contributed by atoms with van der Waals surface area (Å²) in [6.07, 6.45) is 0. The van der Waals surface area contributed by atoms with Gasteiger partial charge in [0.25, 0.3) is 15.7 Å². The summed E-state index contributed by atoms with van der Waals surface area (Å²) in [7, 11) is -3.39. The van der Waals surface area contributed by atoms with E-state index < -0.39 is 55.7 Å². The zero-order chi connectivity index (χ0) is 32.8. The molecule has 0 fully saturated rings. The van der Waals surface area contributed by atoms with Crippen LogP contribution in [0.3, 0.4) is 0 Å². The normalized spacial score (nSPS) is 12.0. The number of amides is 2. The number of aryl methyl sites for hydroxylation is 1. The van der Waals surface area contributed by atoms with E-state index >= 15 is 0 Å². The van der Waals surface area contributed by atoms with Gasteiger partial charge >= 0.3 is 0 Å². The zero-order valence-electron chi connectivity index (χ0n) is 24.9. The van der Waals surface area contributed by atoms with Crippen molar-refractivity contribution in [1.29, 1.82) is 0 Å². The highest BCUT2D eigenvalue weighted by molar-refractivity contribution is 7.92. The number of anilines is 1. The van der Waals surface area contributed by atoms with Gasteiger partial charge in [-0.15, -0.1) is 0 Å². The fraction of sp³-hybridized carbons (Fsp3) is 0.333. The number of sulfonamides is 1. The fourth-order valence-corrected chi connectivity index (χ4v) is 5.89. The van der Waals surface area contributed by atoms with Crippen LogP contribution >= 0.6 is 11.6 Å². The first-order chi connectivity index (χ1) is 20.7. The van der Waals surface area contributed by atoms with E-state index in [4.69, 9.17) is 16.3 Å². The average molecular weight is 649 g/mol. The van der Waals surface area contributed by atoms with E-state index in [0.717, 1.165) is 11.0 Å². The van der Waals surface area contributed by atoms with Crippen LogP contribution in [0.2, 0.25) is 5.02 Å². The number of carbonyl (C=O) groups is 2. The van der Waals surface area contributed by atoms with E-state index in [1.807, 2.05) is 13.8 Å². The van der Waals surface area contributed by atoms with E-state index in [2.05, 4.69) is 5.32 Å². The molecule has 3 aromatic carbocycles. The van der Waals surface area contributed by atoms with E-state index in [-0.39, 0.29) is 40.0 Å². The molecule has 0 saturated carbocycles. The number of nitrogens with zero attached hydrogens (tertiary/aromatic N) is 3. The molecule has 0 spiro atoms. The van der Waals surface area contributed by atoms with Crippen LogP contribution in [-0.4, -0.2) is 56.3 Å². The molecule has 0 saturated heterocycles. The molecule has 2 amide bonds. The molecule has 236 valence electrons. The fourth-order valence-electron chi connectivity index (χ4n) is 4.29. The first kappa shape index (κ1) is 34.3. The third kappa shape index (κ3) is 8.03. The maximum atomic E-state index is 14.7. The Morgan fingerprint density at radius 1 is 1.09 bits per heavy atom. The van der Waals surface area contributed by atoms with Gasteiger partial charge < -0.3 is 15.0 Å². The number of ether oxygens (including phenoxy) is 1. The van der Waals surface area contributed by atoms with E-state index in [0.29, 0.717) is 10.8 Å². The van der Waals surface area contributed by atoms with Crippen molar-refractivity contribution in [3.8, 4) is 5.75 Å². The van der Waals surface area contributed by atoms with E-state index in [1.54, 1.807) is 6.07 Å². The van der Waals surface area contributed by atoms with Crippen LogP contribution in [-0.2, 0) is 26.2 Å². The number of methoxy groups -OCH3 is 1. The summed E-state index contributed by atoms with van der Waals surface area (Å²) < 4.78 is 49.1. The number of hydrogen-bond acceptors (Lipinski definition) is 7. The SMILES string of the molecule is COc1ccc(Cl)cc1N(CC(=O)N(Cc1ccccc1F)[C@H](C)C(=O)NCC(C)C)S(=O)(=O)c1ccc(C)c([N+](=O)[O-])c1. The van der Waals surface area contributed by atoms with Crippen molar-refractivity contribution in [1.82, 2.24) is 10.2 Å². The van der Waals surface area contributed by atoms with Crippen LogP contribution in [0.25, 0.3) is 0 Å². The Kier molecular flexibility index (Phi) is 11.3. The minimum Gasteiger partial charge on any atom is -0.495 e. The standard InChI is InChI=1S/C30H34ClFN4O7S/c1-19(2)16-33-30(38)21(4)34(17-22-8-6-7-9-25(22)32)29(37)18-35(27-14-23(31)11-13-28(27)43-5)44(41,42)24-12-10-20(3)26(15-24)36(39)40/h6-15,19,21H,16-18H2,1-5H3,(H,33,38)/t21-/m1/s1. The van der Waals surface area contributed by atoms with Gasteiger partial charge in [0.05, 0.1) is 22.6 Å². The molecule has 0 aliphatic carbocycles. The number of nitro groups is 1. The Morgan fingerprint density at radius 2 is 1.77 bits per heavy atom. The van der Waals surface area contributed by atoms with Crippen molar-refractivity contribution in [2.75, 3.05) is 24.5 Å². The van der Waals surface area contributed by atoms with Crippen LogP contribution < -0.4 is 14.4 Å². The lowest BCUT2D eigenvalue weighted by atomic mass is 10.1. The first-order valence-corrected chi connectivity index (χ1v) is 15.4. The molecule has 0 unspecified atom stereocenters. The molecular weight excluding hydrogens is 615 g/mol. The van der Waals surface area contributed by atoms with Crippen LogP contribution in [0.5, 0.6) is 5.75 Å². The molecular formula is C30H34ClFN4O7S. The number of nitro benzene ring substituents is 1. The van der Waals surface area contributed by atoms with E-state index in [1.165, 1.54) is 69.5 Å². The van der Waals surface area contributed by atoms with Crippen LogP contribution in [0, 0.1) is 28.8 Å².